The van der Waals surface area contributed by atoms with Gasteiger partial charge in [-0.3, -0.25) is 4.79 Å². The molecule has 0 radical (unpaired) electrons. The van der Waals surface area contributed by atoms with E-state index in [-0.39, 0.29) is 10.6 Å². The van der Waals surface area contributed by atoms with Gasteiger partial charge in [0.25, 0.3) is 0 Å². The zero-order valence-electron chi connectivity index (χ0n) is 7.98. The van der Waals surface area contributed by atoms with Gasteiger partial charge in [0.1, 0.15) is 11.6 Å². The third kappa shape index (κ3) is 3.79. The van der Waals surface area contributed by atoms with Crippen LogP contribution in [0.3, 0.4) is 0 Å². The van der Waals surface area contributed by atoms with Crippen molar-refractivity contribution >= 4 is 27.4 Å². The van der Waals surface area contributed by atoms with Gasteiger partial charge in [0.15, 0.2) is 9.84 Å². The molecule has 0 aliphatic heterocycles. The predicted octanol–water partition coefficient (Wildman–Crippen LogP) is 1.48. The summed E-state index contributed by atoms with van der Waals surface area (Å²) in [6.45, 7) is 0. The number of carboxylic acid groups (broad SMARTS) is 1. The maximum Gasteiger partial charge on any atom is 0.318 e. The van der Waals surface area contributed by atoms with Gasteiger partial charge in [-0.2, -0.15) is 0 Å². The van der Waals surface area contributed by atoms with Gasteiger partial charge in [-0.25, -0.2) is 12.8 Å². The highest BCUT2D eigenvalue weighted by Crippen LogP contribution is 2.17. The molecule has 0 atom stereocenters. The van der Waals surface area contributed by atoms with E-state index in [1.807, 2.05) is 0 Å². The average molecular weight is 267 g/mol. The lowest BCUT2D eigenvalue weighted by atomic mass is 10.2. The Morgan fingerprint density at radius 1 is 1.44 bits per heavy atom. The number of rotatable bonds is 4. The summed E-state index contributed by atoms with van der Waals surface area (Å²) in [5.41, 5.74) is -0.131. The fourth-order valence-electron chi connectivity index (χ4n) is 1.13. The largest absolute Gasteiger partial charge is 0.480 e. The number of aliphatic carboxylic acids is 1. The lowest BCUT2D eigenvalue weighted by Gasteiger charge is -2.03. The number of halogens is 2. The van der Waals surface area contributed by atoms with E-state index in [9.17, 15) is 17.6 Å². The van der Waals surface area contributed by atoms with E-state index < -0.39 is 33.1 Å². The Hall–Kier alpha value is -1.14. The fourth-order valence-corrected chi connectivity index (χ4v) is 2.50. The number of benzene rings is 1. The molecule has 1 aromatic carbocycles. The zero-order valence-corrected chi connectivity index (χ0v) is 9.55. The van der Waals surface area contributed by atoms with Crippen LogP contribution in [0.15, 0.2) is 18.2 Å². The number of hydrogen-bond donors (Lipinski definition) is 1. The maximum atomic E-state index is 13.2. The molecule has 0 fully saturated rings. The smallest absolute Gasteiger partial charge is 0.318 e. The van der Waals surface area contributed by atoms with E-state index in [1.165, 1.54) is 6.07 Å². The van der Waals surface area contributed by atoms with Crippen LogP contribution in [-0.4, -0.2) is 25.2 Å². The first-order chi connectivity index (χ1) is 7.30. The first-order valence-corrected chi connectivity index (χ1v) is 6.36. The molecule has 1 N–H and O–H groups in total. The van der Waals surface area contributed by atoms with Gasteiger partial charge in [-0.05, 0) is 18.2 Å². The minimum absolute atomic E-state index is 0.131. The molecule has 0 saturated carbocycles. The number of carboxylic acids is 1. The summed E-state index contributed by atoms with van der Waals surface area (Å²) >= 11 is 5.57. The van der Waals surface area contributed by atoms with Gasteiger partial charge < -0.3 is 5.11 Å². The van der Waals surface area contributed by atoms with Crippen LogP contribution in [-0.2, 0) is 20.4 Å². The summed E-state index contributed by atoms with van der Waals surface area (Å²) in [6.07, 6.45) is 0. The van der Waals surface area contributed by atoms with Crippen LogP contribution in [0.4, 0.5) is 4.39 Å². The standard InChI is InChI=1S/C9H8ClFO4S/c10-7-1-2-8(11)6(3-7)4-16(14,15)5-9(12)13/h1-3H,4-5H2,(H,12,13). The van der Waals surface area contributed by atoms with Gasteiger partial charge in [0, 0.05) is 10.6 Å². The third-order valence-electron chi connectivity index (χ3n) is 1.73. The molecule has 0 amide bonds. The van der Waals surface area contributed by atoms with Crippen molar-refractivity contribution in [1.29, 1.82) is 0 Å². The summed E-state index contributed by atoms with van der Waals surface area (Å²) in [6, 6.07) is 3.48. The Balaban J connectivity index is 2.96. The first-order valence-electron chi connectivity index (χ1n) is 4.16. The molecule has 0 aliphatic carbocycles. The summed E-state index contributed by atoms with van der Waals surface area (Å²) in [5.74, 6) is -3.90. The minimum Gasteiger partial charge on any atom is -0.480 e. The first kappa shape index (κ1) is 12.9. The average Bonchev–Trinajstić information content (AvgIpc) is 2.08. The molecule has 0 unspecified atom stereocenters. The number of hydrogen-bond acceptors (Lipinski definition) is 3. The molecule has 7 heteroatoms. The van der Waals surface area contributed by atoms with Crippen molar-refractivity contribution in [3.63, 3.8) is 0 Å². The number of carbonyl (C=O) groups is 1. The highest BCUT2D eigenvalue weighted by Gasteiger charge is 2.18. The summed E-state index contributed by atoms with van der Waals surface area (Å²) in [7, 11) is -3.87. The van der Waals surface area contributed by atoms with Crippen LogP contribution < -0.4 is 0 Å². The van der Waals surface area contributed by atoms with Crippen molar-refractivity contribution in [1.82, 2.24) is 0 Å². The van der Waals surface area contributed by atoms with Crippen LogP contribution in [0, 0.1) is 5.82 Å². The summed E-state index contributed by atoms with van der Waals surface area (Å²) in [4.78, 5) is 10.3. The highest BCUT2D eigenvalue weighted by molar-refractivity contribution is 7.91. The predicted molar refractivity (Wildman–Crippen MR) is 56.5 cm³/mol. The topological polar surface area (TPSA) is 71.4 Å². The summed E-state index contributed by atoms with van der Waals surface area (Å²) < 4.78 is 35.7. The summed E-state index contributed by atoms with van der Waals surface area (Å²) in [5, 5.41) is 8.55. The van der Waals surface area contributed by atoms with E-state index in [0.717, 1.165) is 12.1 Å². The van der Waals surface area contributed by atoms with Crippen LogP contribution >= 0.6 is 11.6 Å². The number of sulfone groups is 1. The molecular weight excluding hydrogens is 259 g/mol. The Labute approximate surface area is 96.6 Å². The molecule has 0 heterocycles. The van der Waals surface area contributed by atoms with Crippen molar-refractivity contribution in [2.75, 3.05) is 5.75 Å². The molecule has 16 heavy (non-hydrogen) atoms. The molecule has 0 bridgehead atoms. The van der Waals surface area contributed by atoms with E-state index >= 15 is 0 Å². The van der Waals surface area contributed by atoms with Crippen molar-refractivity contribution in [2.45, 2.75) is 5.75 Å². The second-order valence-corrected chi connectivity index (χ2v) is 5.66. The lowest BCUT2D eigenvalue weighted by molar-refractivity contribution is -0.134. The second-order valence-electron chi connectivity index (χ2n) is 3.16. The van der Waals surface area contributed by atoms with E-state index in [1.54, 1.807) is 0 Å². The molecule has 0 saturated heterocycles. The molecule has 0 spiro atoms. The van der Waals surface area contributed by atoms with Crippen molar-refractivity contribution in [2.24, 2.45) is 0 Å². The lowest BCUT2D eigenvalue weighted by Crippen LogP contribution is -2.17. The Morgan fingerprint density at radius 2 is 2.06 bits per heavy atom. The van der Waals surface area contributed by atoms with Gasteiger partial charge in [-0.15, -0.1) is 0 Å². The van der Waals surface area contributed by atoms with Crippen molar-refractivity contribution in [3.8, 4) is 0 Å². The fraction of sp³-hybridized carbons (Fsp3) is 0.222. The molecule has 4 nitrogen and oxygen atoms in total. The SMILES string of the molecule is O=C(O)CS(=O)(=O)Cc1cc(Cl)ccc1F. The quantitative estimate of drug-likeness (QED) is 0.896. The Kier molecular flexibility index (Phi) is 3.88. The Morgan fingerprint density at radius 3 is 2.62 bits per heavy atom. The van der Waals surface area contributed by atoms with Crippen LogP contribution in [0.1, 0.15) is 5.56 Å². The monoisotopic (exact) mass is 266 g/mol. The second kappa shape index (κ2) is 4.80. The van der Waals surface area contributed by atoms with Gasteiger partial charge in [0.2, 0.25) is 0 Å². The van der Waals surface area contributed by atoms with Crippen LogP contribution in [0.25, 0.3) is 0 Å². The van der Waals surface area contributed by atoms with E-state index in [2.05, 4.69) is 0 Å². The third-order valence-corrected chi connectivity index (χ3v) is 3.40. The molecule has 0 aromatic heterocycles. The Bertz CT molecular complexity index is 512. The zero-order chi connectivity index (χ0) is 12.3. The van der Waals surface area contributed by atoms with Crippen molar-refractivity contribution in [3.05, 3.63) is 34.6 Å². The maximum absolute atomic E-state index is 13.2. The highest BCUT2D eigenvalue weighted by atomic mass is 35.5. The van der Waals surface area contributed by atoms with Crippen LogP contribution in [0.5, 0.6) is 0 Å². The molecule has 1 aromatic rings. The van der Waals surface area contributed by atoms with Crippen molar-refractivity contribution < 1.29 is 22.7 Å². The van der Waals surface area contributed by atoms with Gasteiger partial charge in [0.05, 0.1) is 5.75 Å². The van der Waals surface area contributed by atoms with E-state index in [4.69, 9.17) is 16.7 Å². The normalized spacial score (nSPS) is 11.4. The van der Waals surface area contributed by atoms with Gasteiger partial charge in [-0.1, -0.05) is 11.6 Å². The molecule has 0 aliphatic rings. The van der Waals surface area contributed by atoms with Crippen LogP contribution in [0.2, 0.25) is 5.02 Å². The minimum atomic E-state index is -3.87. The molecule has 1 rings (SSSR count). The van der Waals surface area contributed by atoms with Gasteiger partial charge >= 0.3 is 5.97 Å². The van der Waals surface area contributed by atoms with E-state index in [0.29, 0.717) is 0 Å². The molecular formula is C9H8ClFO4S. The molecule has 88 valence electrons.